The van der Waals surface area contributed by atoms with Gasteiger partial charge in [-0.2, -0.15) is 0 Å². The van der Waals surface area contributed by atoms with E-state index in [4.69, 9.17) is 0 Å². The average molecular weight is 368 g/mol. The molecule has 136 valence electrons. The maximum absolute atomic E-state index is 14.1. The van der Waals surface area contributed by atoms with Crippen LogP contribution in [0.3, 0.4) is 0 Å². The molecule has 1 N–H and O–H groups in total. The van der Waals surface area contributed by atoms with Crippen molar-refractivity contribution in [1.82, 2.24) is 10.2 Å². The van der Waals surface area contributed by atoms with Gasteiger partial charge in [0.2, 0.25) is 0 Å². The van der Waals surface area contributed by atoms with Gasteiger partial charge in [0, 0.05) is 33.5 Å². The molecule has 25 heavy (non-hydrogen) atoms. The lowest BCUT2D eigenvalue weighted by molar-refractivity contribution is 0.206. The Kier molecular flexibility index (Phi) is 5.81. The molecular weight excluding hydrogens is 345 g/mol. The number of likely N-dealkylation sites (tertiary alicyclic amines) is 1. The standard InChI is InChI=1S/C19H23F3N2S/c1-3-24-8-6-13(7-9-24)23-11-14-4-5-17(25-14)15-10-16(20)12(2)18(21)19(15)22/h4-5,10,13,23H,3,6-9,11H2,1-2H3. The Morgan fingerprint density at radius 3 is 2.56 bits per heavy atom. The number of halogens is 3. The molecule has 2 aromatic rings. The maximum atomic E-state index is 14.1. The van der Waals surface area contributed by atoms with Gasteiger partial charge in [0.15, 0.2) is 11.6 Å². The number of hydrogen-bond acceptors (Lipinski definition) is 3. The lowest BCUT2D eigenvalue weighted by Gasteiger charge is -2.31. The molecule has 1 saturated heterocycles. The number of benzene rings is 1. The summed E-state index contributed by atoms with van der Waals surface area (Å²) >= 11 is 1.37. The SMILES string of the molecule is CCN1CCC(NCc2ccc(-c3cc(F)c(C)c(F)c3F)s2)CC1. The summed E-state index contributed by atoms with van der Waals surface area (Å²) in [6, 6.07) is 5.19. The van der Waals surface area contributed by atoms with E-state index < -0.39 is 17.5 Å². The first-order valence-electron chi connectivity index (χ1n) is 8.68. The fourth-order valence-electron chi connectivity index (χ4n) is 3.18. The minimum atomic E-state index is -1.11. The molecule has 0 atom stereocenters. The third-order valence-electron chi connectivity index (χ3n) is 4.91. The van der Waals surface area contributed by atoms with Crippen molar-refractivity contribution in [2.75, 3.05) is 19.6 Å². The monoisotopic (exact) mass is 368 g/mol. The van der Waals surface area contributed by atoms with E-state index in [9.17, 15) is 13.2 Å². The molecule has 6 heteroatoms. The molecule has 0 amide bonds. The molecule has 1 aliphatic rings. The van der Waals surface area contributed by atoms with Gasteiger partial charge in [0.1, 0.15) is 5.82 Å². The van der Waals surface area contributed by atoms with Crippen LogP contribution in [0.15, 0.2) is 18.2 Å². The van der Waals surface area contributed by atoms with E-state index in [2.05, 4.69) is 17.1 Å². The molecule has 1 fully saturated rings. The van der Waals surface area contributed by atoms with E-state index in [1.165, 1.54) is 18.3 Å². The van der Waals surface area contributed by atoms with Crippen molar-refractivity contribution >= 4 is 11.3 Å². The zero-order chi connectivity index (χ0) is 18.0. The average Bonchev–Trinajstić information content (AvgIpc) is 3.10. The minimum Gasteiger partial charge on any atom is -0.309 e. The zero-order valence-electron chi connectivity index (χ0n) is 14.5. The Balaban J connectivity index is 1.65. The summed E-state index contributed by atoms with van der Waals surface area (Å²) in [7, 11) is 0. The predicted octanol–water partition coefficient (Wildman–Crippen LogP) is 4.71. The number of nitrogens with one attached hydrogen (secondary N) is 1. The van der Waals surface area contributed by atoms with E-state index >= 15 is 0 Å². The highest BCUT2D eigenvalue weighted by Crippen LogP contribution is 2.33. The summed E-state index contributed by atoms with van der Waals surface area (Å²) < 4.78 is 41.6. The molecule has 0 aliphatic carbocycles. The van der Waals surface area contributed by atoms with Crippen LogP contribution < -0.4 is 5.32 Å². The first-order chi connectivity index (χ1) is 12.0. The van der Waals surface area contributed by atoms with Gasteiger partial charge in [-0.15, -0.1) is 11.3 Å². The number of hydrogen-bond donors (Lipinski definition) is 1. The molecule has 1 aromatic carbocycles. The first-order valence-corrected chi connectivity index (χ1v) is 9.50. The lowest BCUT2D eigenvalue weighted by Crippen LogP contribution is -2.41. The second kappa shape index (κ2) is 7.89. The first kappa shape index (κ1) is 18.4. The van der Waals surface area contributed by atoms with Crippen LogP contribution in [-0.2, 0) is 6.54 Å². The molecule has 0 bridgehead atoms. The van der Waals surface area contributed by atoms with Gasteiger partial charge in [-0.25, -0.2) is 13.2 Å². The Morgan fingerprint density at radius 1 is 1.16 bits per heavy atom. The van der Waals surface area contributed by atoms with Crippen molar-refractivity contribution < 1.29 is 13.2 Å². The van der Waals surface area contributed by atoms with Gasteiger partial charge < -0.3 is 10.2 Å². The van der Waals surface area contributed by atoms with Crippen LogP contribution in [-0.4, -0.2) is 30.6 Å². The molecular formula is C19H23F3N2S. The van der Waals surface area contributed by atoms with Crippen molar-refractivity contribution in [3.8, 4) is 10.4 Å². The molecule has 1 aliphatic heterocycles. The number of thiophene rings is 1. The van der Waals surface area contributed by atoms with E-state index in [0.717, 1.165) is 43.4 Å². The highest BCUT2D eigenvalue weighted by molar-refractivity contribution is 7.15. The summed E-state index contributed by atoms with van der Waals surface area (Å²) in [5.74, 6) is -2.80. The van der Waals surface area contributed by atoms with Gasteiger partial charge in [0.05, 0.1) is 0 Å². The van der Waals surface area contributed by atoms with Crippen molar-refractivity contribution in [1.29, 1.82) is 0 Å². The van der Waals surface area contributed by atoms with Crippen LogP contribution in [0.4, 0.5) is 13.2 Å². The number of nitrogens with zero attached hydrogens (tertiary/aromatic N) is 1. The largest absolute Gasteiger partial charge is 0.309 e. The summed E-state index contributed by atoms with van der Waals surface area (Å²) in [5.41, 5.74) is -0.286. The number of rotatable bonds is 5. The Bertz CT molecular complexity index is 737. The minimum absolute atomic E-state index is 0.00639. The molecule has 0 saturated carbocycles. The molecule has 2 nitrogen and oxygen atoms in total. The second-order valence-corrected chi connectivity index (χ2v) is 7.68. The molecule has 0 radical (unpaired) electrons. The van der Waals surface area contributed by atoms with Crippen molar-refractivity contribution in [2.45, 2.75) is 39.3 Å². The molecule has 3 rings (SSSR count). The third kappa shape index (κ3) is 4.07. The van der Waals surface area contributed by atoms with Gasteiger partial charge >= 0.3 is 0 Å². The quantitative estimate of drug-likeness (QED) is 0.769. The molecule has 0 unspecified atom stereocenters. The van der Waals surface area contributed by atoms with Gasteiger partial charge in [0.25, 0.3) is 0 Å². The van der Waals surface area contributed by atoms with Crippen molar-refractivity contribution in [2.24, 2.45) is 0 Å². The van der Waals surface area contributed by atoms with Gasteiger partial charge in [-0.05, 0) is 57.6 Å². The van der Waals surface area contributed by atoms with E-state index in [-0.39, 0.29) is 11.1 Å². The summed E-state index contributed by atoms with van der Waals surface area (Å²) in [4.78, 5) is 4.02. The lowest BCUT2D eigenvalue weighted by atomic mass is 10.1. The fraction of sp³-hybridized carbons (Fsp3) is 0.474. The normalized spacial score (nSPS) is 16.5. The summed E-state index contributed by atoms with van der Waals surface area (Å²) in [6.45, 7) is 7.42. The Morgan fingerprint density at radius 2 is 1.88 bits per heavy atom. The van der Waals surface area contributed by atoms with Gasteiger partial charge in [-0.3, -0.25) is 0 Å². The highest BCUT2D eigenvalue weighted by atomic mass is 32.1. The van der Waals surface area contributed by atoms with E-state index in [0.29, 0.717) is 17.5 Å². The fourth-order valence-corrected chi connectivity index (χ4v) is 4.15. The smallest absolute Gasteiger partial charge is 0.167 e. The summed E-state index contributed by atoms with van der Waals surface area (Å²) in [6.07, 6.45) is 2.24. The van der Waals surface area contributed by atoms with Crippen LogP contribution in [0, 0.1) is 24.4 Å². The van der Waals surface area contributed by atoms with Crippen molar-refractivity contribution in [3.63, 3.8) is 0 Å². The molecule has 2 heterocycles. The Labute approximate surface area is 150 Å². The number of piperidine rings is 1. The highest BCUT2D eigenvalue weighted by Gasteiger charge is 2.19. The van der Waals surface area contributed by atoms with Crippen LogP contribution in [0.25, 0.3) is 10.4 Å². The summed E-state index contributed by atoms with van der Waals surface area (Å²) in [5, 5.41) is 3.54. The van der Waals surface area contributed by atoms with Crippen LogP contribution in [0.1, 0.15) is 30.2 Å². The van der Waals surface area contributed by atoms with Crippen molar-refractivity contribution in [3.05, 3.63) is 46.1 Å². The van der Waals surface area contributed by atoms with E-state index in [1.54, 1.807) is 6.07 Å². The van der Waals surface area contributed by atoms with Crippen LogP contribution in [0.5, 0.6) is 0 Å². The van der Waals surface area contributed by atoms with Crippen LogP contribution >= 0.6 is 11.3 Å². The topological polar surface area (TPSA) is 15.3 Å². The second-order valence-electron chi connectivity index (χ2n) is 6.51. The van der Waals surface area contributed by atoms with Gasteiger partial charge in [-0.1, -0.05) is 6.92 Å². The maximum Gasteiger partial charge on any atom is 0.167 e. The predicted molar refractivity (Wildman–Crippen MR) is 96.3 cm³/mol. The third-order valence-corrected chi connectivity index (χ3v) is 6.03. The van der Waals surface area contributed by atoms with Crippen LogP contribution in [0.2, 0.25) is 0 Å². The van der Waals surface area contributed by atoms with E-state index in [1.807, 2.05) is 6.07 Å². The molecule has 0 spiro atoms. The zero-order valence-corrected chi connectivity index (χ0v) is 15.4. The Hall–Kier alpha value is -1.37. The molecule has 1 aromatic heterocycles.